The van der Waals surface area contributed by atoms with E-state index in [1.54, 1.807) is 0 Å². The summed E-state index contributed by atoms with van der Waals surface area (Å²) in [4.78, 5) is 2.48. The molecule has 0 N–H and O–H groups in total. The molecule has 4 heteroatoms. The zero-order valence-electron chi connectivity index (χ0n) is 7.06. The van der Waals surface area contributed by atoms with Crippen molar-refractivity contribution in [2.24, 2.45) is 0 Å². The number of nitrogens with zero attached hydrogens (tertiary/aromatic N) is 1. The molecule has 0 bridgehead atoms. The first kappa shape index (κ1) is 10.1. The molecule has 1 saturated heterocycles. The van der Waals surface area contributed by atoms with E-state index in [0.29, 0.717) is 16.6 Å². The molecule has 0 unspecified atom stereocenters. The summed E-state index contributed by atoms with van der Waals surface area (Å²) in [5, 5.41) is 0. The molecule has 0 aromatic rings. The lowest BCUT2D eigenvalue weighted by molar-refractivity contribution is 0.209. The molecular weight excluding hydrogens is 269 g/mol. The summed E-state index contributed by atoms with van der Waals surface area (Å²) in [6.07, 6.45) is 4.04. The van der Waals surface area contributed by atoms with Crippen LogP contribution in [0.2, 0.25) is 0 Å². The summed E-state index contributed by atoms with van der Waals surface area (Å²) in [5.41, 5.74) is 0. The molecule has 1 nitrogen and oxygen atoms in total. The van der Waals surface area contributed by atoms with Gasteiger partial charge >= 0.3 is 4.50 Å². The maximum Gasteiger partial charge on any atom is 0.379 e. The first-order chi connectivity index (χ1) is 5.13. The second kappa shape index (κ2) is 4.29. The Labute approximate surface area is 85.9 Å². The van der Waals surface area contributed by atoms with Crippen molar-refractivity contribution < 1.29 is 0 Å². The van der Waals surface area contributed by atoms with Crippen LogP contribution in [-0.2, 0) is 0 Å². The van der Waals surface area contributed by atoms with E-state index in [9.17, 15) is 0 Å². The van der Waals surface area contributed by atoms with Gasteiger partial charge in [-0.1, -0.05) is 20.3 Å². The van der Waals surface area contributed by atoms with Crippen LogP contribution in [0.3, 0.4) is 0 Å². The summed E-state index contributed by atoms with van der Waals surface area (Å²) < 4.78 is 0.347. The van der Waals surface area contributed by atoms with E-state index in [1.807, 2.05) is 0 Å². The quantitative estimate of drug-likeness (QED) is 0.668. The van der Waals surface area contributed by atoms with E-state index in [4.69, 9.17) is 0 Å². The van der Waals surface area contributed by atoms with Crippen molar-refractivity contribution in [1.29, 1.82) is 0 Å². The third-order valence-electron chi connectivity index (χ3n) is 2.49. The average molecular weight is 283 g/mol. The van der Waals surface area contributed by atoms with Crippen molar-refractivity contribution >= 4 is 36.0 Å². The molecule has 0 aromatic heterocycles. The highest BCUT2D eigenvalue weighted by Gasteiger charge is 2.30. The van der Waals surface area contributed by atoms with Crippen LogP contribution in [0.25, 0.3) is 0 Å². The number of rotatable bonds is 1. The van der Waals surface area contributed by atoms with Crippen LogP contribution < -0.4 is 0 Å². The summed E-state index contributed by atoms with van der Waals surface area (Å²) in [7, 11) is 0. The third-order valence-corrected chi connectivity index (χ3v) is 3.43. The Morgan fingerprint density at radius 3 is 1.91 bits per heavy atom. The molecule has 0 aliphatic carbocycles. The molecule has 1 fully saturated rings. The van der Waals surface area contributed by atoms with Crippen LogP contribution in [0.4, 0.5) is 0 Å². The summed E-state index contributed by atoms with van der Waals surface area (Å²) in [5.74, 6) is 0. The van der Waals surface area contributed by atoms with Gasteiger partial charge in [0.25, 0.3) is 0 Å². The molecule has 1 aliphatic heterocycles. The second-order valence-electron chi connectivity index (χ2n) is 3.35. The lowest BCUT2D eigenvalue weighted by Crippen LogP contribution is -2.47. The van der Waals surface area contributed by atoms with Gasteiger partial charge in [-0.05, 0) is 24.9 Å². The van der Waals surface area contributed by atoms with Crippen molar-refractivity contribution in [3.8, 4) is 0 Å². The summed E-state index contributed by atoms with van der Waals surface area (Å²) in [6, 6.07) is 1.42. The van der Waals surface area contributed by atoms with Crippen LogP contribution in [0.5, 0.6) is 0 Å². The summed E-state index contributed by atoms with van der Waals surface area (Å²) >= 11 is 7.12. The highest BCUT2D eigenvalue weighted by atomic mass is 79.9. The molecular formula is C7H14BBr2N. The topological polar surface area (TPSA) is 3.24 Å². The third kappa shape index (κ3) is 2.46. The Morgan fingerprint density at radius 1 is 1.18 bits per heavy atom. The monoisotopic (exact) mass is 281 g/mol. The van der Waals surface area contributed by atoms with Gasteiger partial charge in [0.2, 0.25) is 0 Å². The molecule has 0 amide bonds. The highest BCUT2D eigenvalue weighted by Crippen LogP contribution is 2.27. The van der Waals surface area contributed by atoms with E-state index in [-0.39, 0.29) is 0 Å². The zero-order valence-corrected chi connectivity index (χ0v) is 10.2. The molecule has 64 valence electrons. The van der Waals surface area contributed by atoms with Crippen LogP contribution in [0.15, 0.2) is 0 Å². The Bertz CT molecular complexity index is 122. The van der Waals surface area contributed by atoms with Crippen molar-refractivity contribution in [2.45, 2.75) is 45.2 Å². The molecule has 2 atom stereocenters. The van der Waals surface area contributed by atoms with Gasteiger partial charge in [0, 0.05) is 0 Å². The predicted octanol–water partition coefficient (Wildman–Crippen LogP) is 3.02. The fourth-order valence-corrected chi connectivity index (χ4v) is 3.44. The molecule has 0 aromatic carbocycles. The predicted molar refractivity (Wildman–Crippen MR) is 58.2 cm³/mol. The lowest BCUT2D eigenvalue weighted by Gasteiger charge is -2.39. The van der Waals surface area contributed by atoms with Gasteiger partial charge in [0.05, 0.1) is 0 Å². The number of hydrogen-bond donors (Lipinski definition) is 0. The Hall–Kier alpha value is 0.985. The normalized spacial score (nSPS) is 33.8. The fraction of sp³-hybridized carbons (Fsp3) is 1.00. The van der Waals surface area contributed by atoms with E-state index >= 15 is 0 Å². The minimum atomic E-state index is 0.347. The minimum Gasteiger partial charge on any atom is -0.318 e. The van der Waals surface area contributed by atoms with Crippen molar-refractivity contribution in [3.05, 3.63) is 0 Å². The van der Waals surface area contributed by atoms with Crippen LogP contribution in [0, 0.1) is 0 Å². The van der Waals surface area contributed by atoms with Gasteiger partial charge in [-0.25, -0.2) is 0 Å². The van der Waals surface area contributed by atoms with Crippen molar-refractivity contribution in [3.63, 3.8) is 0 Å². The van der Waals surface area contributed by atoms with Gasteiger partial charge in [0.15, 0.2) is 0 Å². The maximum atomic E-state index is 3.56. The first-order valence-corrected chi connectivity index (χ1v) is 6.01. The zero-order chi connectivity index (χ0) is 8.43. The van der Waals surface area contributed by atoms with Gasteiger partial charge in [-0.15, -0.1) is 31.5 Å². The lowest BCUT2D eigenvalue weighted by atomic mass is 9.94. The van der Waals surface area contributed by atoms with Crippen LogP contribution in [0.1, 0.15) is 33.1 Å². The van der Waals surface area contributed by atoms with E-state index in [2.05, 4.69) is 50.2 Å². The largest absolute Gasteiger partial charge is 0.379 e. The Balaban J connectivity index is 2.55. The van der Waals surface area contributed by atoms with Crippen molar-refractivity contribution in [2.75, 3.05) is 0 Å². The van der Waals surface area contributed by atoms with Gasteiger partial charge in [-0.3, -0.25) is 0 Å². The highest BCUT2D eigenvalue weighted by molar-refractivity contribution is 9.48. The maximum absolute atomic E-state index is 3.56. The SMILES string of the molecule is C[C@@H]1CCC[C@H](C)N1B(Br)Br. The van der Waals surface area contributed by atoms with Crippen LogP contribution in [-0.4, -0.2) is 21.4 Å². The van der Waals surface area contributed by atoms with Crippen molar-refractivity contribution in [1.82, 2.24) is 4.81 Å². The Kier molecular flexibility index (Phi) is 3.92. The van der Waals surface area contributed by atoms with Gasteiger partial charge < -0.3 is 4.81 Å². The van der Waals surface area contributed by atoms with E-state index < -0.39 is 0 Å². The number of halogens is 2. The van der Waals surface area contributed by atoms with Gasteiger partial charge in [0.1, 0.15) is 0 Å². The van der Waals surface area contributed by atoms with Gasteiger partial charge in [-0.2, -0.15) is 0 Å². The van der Waals surface area contributed by atoms with E-state index in [0.717, 1.165) is 0 Å². The second-order valence-corrected chi connectivity index (χ2v) is 6.32. The molecule has 0 radical (unpaired) electrons. The average Bonchev–Trinajstić information content (AvgIpc) is 1.85. The molecule has 0 saturated carbocycles. The van der Waals surface area contributed by atoms with Crippen LogP contribution >= 0.6 is 31.5 Å². The molecule has 1 aliphatic rings. The standard InChI is InChI=1S/C7H14BBr2N/c1-6-4-3-5-7(2)11(6)8(9)10/h6-7H,3-5H2,1-2H3/t6-,7+. The van der Waals surface area contributed by atoms with E-state index in [1.165, 1.54) is 19.3 Å². The fourth-order valence-electron chi connectivity index (χ4n) is 1.83. The smallest absolute Gasteiger partial charge is 0.318 e. The molecule has 1 heterocycles. The first-order valence-electron chi connectivity index (χ1n) is 4.18. The molecule has 1 rings (SSSR count). The Morgan fingerprint density at radius 2 is 1.64 bits per heavy atom. The number of hydrogen-bond acceptors (Lipinski definition) is 1. The summed E-state index contributed by atoms with van der Waals surface area (Å²) in [6.45, 7) is 4.59. The molecule has 11 heavy (non-hydrogen) atoms. The number of piperidine rings is 1. The molecule has 0 spiro atoms. The minimum absolute atomic E-state index is 0.347.